The number of hydrogen-bond acceptors (Lipinski definition) is 4. The molecule has 0 aliphatic rings. The highest BCUT2D eigenvalue weighted by atomic mass is 35.5. The number of ether oxygens (including phenoxy) is 1. The van der Waals surface area contributed by atoms with Crippen LogP contribution in [0.1, 0.15) is 18.2 Å². The SMILES string of the molecule is CCOC(=O)Cc1cnc(C#N)cc1Cl. The van der Waals surface area contributed by atoms with Gasteiger partial charge < -0.3 is 4.74 Å². The van der Waals surface area contributed by atoms with Gasteiger partial charge in [-0.25, -0.2) is 4.98 Å². The van der Waals surface area contributed by atoms with Crippen LogP contribution in [0.2, 0.25) is 5.02 Å². The van der Waals surface area contributed by atoms with Crippen LogP contribution in [-0.2, 0) is 16.0 Å². The number of rotatable bonds is 3. The minimum absolute atomic E-state index is 0.0748. The lowest BCUT2D eigenvalue weighted by Gasteiger charge is -2.03. The van der Waals surface area contributed by atoms with Crippen LogP contribution in [0.5, 0.6) is 0 Å². The van der Waals surface area contributed by atoms with Gasteiger partial charge in [0.2, 0.25) is 0 Å². The molecule has 15 heavy (non-hydrogen) atoms. The third-order valence-corrected chi connectivity index (χ3v) is 2.04. The second kappa shape index (κ2) is 5.32. The van der Waals surface area contributed by atoms with E-state index in [1.165, 1.54) is 12.3 Å². The minimum atomic E-state index is -0.356. The highest BCUT2D eigenvalue weighted by Crippen LogP contribution is 2.16. The Morgan fingerprint density at radius 1 is 1.73 bits per heavy atom. The second-order valence-corrected chi connectivity index (χ2v) is 3.16. The van der Waals surface area contributed by atoms with E-state index in [0.717, 1.165) is 0 Å². The molecule has 4 nitrogen and oxygen atoms in total. The molecule has 1 heterocycles. The number of halogens is 1. The standard InChI is InChI=1S/C10H9ClN2O2/c1-2-15-10(14)3-7-6-13-8(5-12)4-9(7)11/h4,6H,2-3H2,1H3. The molecule has 0 saturated heterocycles. The lowest BCUT2D eigenvalue weighted by Crippen LogP contribution is -2.08. The van der Waals surface area contributed by atoms with Gasteiger partial charge in [-0.15, -0.1) is 0 Å². The van der Waals surface area contributed by atoms with Gasteiger partial charge in [0, 0.05) is 16.8 Å². The Bertz CT molecular complexity index is 412. The predicted octanol–water partition coefficient (Wildman–Crippen LogP) is 1.71. The lowest BCUT2D eigenvalue weighted by atomic mass is 10.2. The van der Waals surface area contributed by atoms with E-state index >= 15 is 0 Å². The van der Waals surface area contributed by atoms with Crippen molar-refractivity contribution in [1.82, 2.24) is 4.98 Å². The Hall–Kier alpha value is -1.60. The average Bonchev–Trinajstić information content (AvgIpc) is 2.21. The van der Waals surface area contributed by atoms with Crippen LogP contribution in [-0.4, -0.2) is 17.6 Å². The first-order valence-electron chi connectivity index (χ1n) is 4.37. The molecule has 0 aliphatic carbocycles. The molecule has 0 amide bonds. The van der Waals surface area contributed by atoms with E-state index in [1.807, 2.05) is 6.07 Å². The van der Waals surface area contributed by atoms with E-state index in [2.05, 4.69) is 4.98 Å². The molecular weight excluding hydrogens is 216 g/mol. The largest absolute Gasteiger partial charge is 0.466 e. The molecule has 0 radical (unpaired) electrons. The van der Waals surface area contributed by atoms with Crippen molar-refractivity contribution in [3.63, 3.8) is 0 Å². The lowest BCUT2D eigenvalue weighted by molar-refractivity contribution is -0.142. The summed E-state index contributed by atoms with van der Waals surface area (Å²) in [6.07, 6.45) is 1.49. The van der Waals surface area contributed by atoms with Gasteiger partial charge in [-0.05, 0) is 13.0 Å². The number of carbonyl (C=O) groups is 1. The Labute approximate surface area is 92.4 Å². The van der Waals surface area contributed by atoms with Crippen LogP contribution in [0, 0.1) is 11.3 Å². The summed E-state index contributed by atoms with van der Waals surface area (Å²) in [7, 11) is 0. The first-order valence-corrected chi connectivity index (χ1v) is 4.75. The van der Waals surface area contributed by atoms with Crippen molar-refractivity contribution in [3.8, 4) is 6.07 Å². The summed E-state index contributed by atoms with van der Waals surface area (Å²) in [5, 5.41) is 8.91. The Morgan fingerprint density at radius 2 is 2.47 bits per heavy atom. The van der Waals surface area contributed by atoms with E-state index in [0.29, 0.717) is 17.2 Å². The number of carbonyl (C=O) groups excluding carboxylic acids is 1. The van der Waals surface area contributed by atoms with Crippen molar-refractivity contribution >= 4 is 17.6 Å². The van der Waals surface area contributed by atoms with Gasteiger partial charge in [0.25, 0.3) is 0 Å². The van der Waals surface area contributed by atoms with Crippen molar-refractivity contribution in [2.75, 3.05) is 6.61 Å². The monoisotopic (exact) mass is 224 g/mol. The van der Waals surface area contributed by atoms with Crippen LogP contribution in [0.15, 0.2) is 12.3 Å². The van der Waals surface area contributed by atoms with Gasteiger partial charge in [0.1, 0.15) is 11.8 Å². The summed E-state index contributed by atoms with van der Waals surface area (Å²) >= 11 is 5.85. The zero-order chi connectivity index (χ0) is 11.3. The summed E-state index contributed by atoms with van der Waals surface area (Å²) in [5.41, 5.74) is 0.793. The Morgan fingerprint density at radius 3 is 3.00 bits per heavy atom. The number of hydrogen-bond donors (Lipinski definition) is 0. The third-order valence-electron chi connectivity index (χ3n) is 1.68. The maximum absolute atomic E-state index is 11.1. The van der Waals surface area contributed by atoms with Crippen LogP contribution in [0.4, 0.5) is 0 Å². The number of nitriles is 1. The van der Waals surface area contributed by atoms with Crippen molar-refractivity contribution in [2.45, 2.75) is 13.3 Å². The van der Waals surface area contributed by atoms with Gasteiger partial charge >= 0.3 is 5.97 Å². The van der Waals surface area contributed by atoms with Gasteiger partial charge in [0.05, 0.1) is 13.0 Å². The predicted molar refractivity (Wildman–Crippen MR) is 54.3 cm³/mol. The topological polar surface area (TPSA) is 63.0 Å². The molecule has 1 aromatic rings. The molecule has 0 saturated carbocycles. The molecule has 0 bridgehead atoms. The molecule has 0 aliphatic heterocycles. The Balaban J connectivity index is 2.79. The maximum atomic E-state index is 11.1. The van der Waals surface area contributed by atoms with E-state index in [9.17, 15) is 4.79 Å². The average molecular weight is 225 g/mol. The second-order valence-electron chi connectivity index (χ2n) is 2.75. The van der Waals surface area contributed by atoms with Gasteiger partial charge in [-0.2, -0.15) is 5.26 Å². The van der Waals surface area contributed by atoms with Gasteiger partial charge in [-0.3, -0.25) is 4.79 Å². The molecule has 0 atom stereocenters. The molecule has 0 N–H and O–H groups in total. The van der Waals surface area contributed by atoms with Crippen LogP contribution in [0.3, 0.4) is 0 Å². The highest BCUT2D eigenvalue weighted by Gasteiger charge is 2.08. The zero-order valence-electron chi connectivity index (χ0n) is 8.16. The fourth-order valence-electron chi connectivity index (χ4n) is 1.02. The van der Waals surface area contributed by atoms with E-state index < -0.39 is 0 Å². The molecule has 0 spiro atoms. The van der Waals surface area contributed by atoms with Crippen LogP contribution < -0.4 is 0 Å². The normalized spacial score (nSPS) is 9.40. The number of aromatic nitrogens is 1. The zero-order valence-corrected chi connectivity index (χ0v) is 8.91. The van der Waals surface area contributed by atoms with Crippen molar-refractivity contribution in [3.05, 3.63) is 28.5 Å². The molecule has 0 fully saturated rings. The van der Waals surface area contributed by atoms with Crippen LogP contribution >= 0.6 is 11.6 Å². The van der Waals surface area contributed by atoms with E-state index in [-0.39, 0.29) is 18.1 Å². The van der Waals surface area contributed by atoms with Crippen molar-refractivity contribution in [1.29, 1.82) is 5.26 Å². The van der Waals surface area contributed by atoms with Crippen molar-refractivity contribution < 1.29 is 9.53 Å². The molecular formula is C10H9ClN2O2. The first kappa shape index (κ1) is 11.5. The summed E-state index contributed by atoms with van der Waals surface area (Å²) < 4.78 is 4.77. The van der Waals surface area contributed by atoms with E-state index in [1.54, 1.807) is 6.92 Å². The van der Waals surface area contributed by atoms with Crippen molar-refractivity contribution in [2.24, 2.45) is 0 Å². The summed E-state index contributed by atoms with van der Waals surface area (Å²) in [5.74, 6) is -0.356. The fraction of sp³-hybridized carbons (Fsp3) is 0.300. The number of nitrogens with zero attached hydrogens (tertiary/aromatic N) is 2. The first-order chi connectivity index (χ1) is 7.17. The fourth-order valence-corrected chi connectivity index (χ4v) is 1.24. The minimum Gasteiger partial charge on any atom is -0.466 e. The quantitative estimate of drug-likeness (QED) is 0.734. The smallest absolute Gasteiger partial charge is 0.310 e. The number of pyridine rings is 1. The molecule has 0 unspecified atom stereocenters. The summed E-state index contributed by atoms with van der Waals surface area (Å²) in [6.45, 7) is 2.07. The highest BCUT2D eigenvalue weighted by molar-refractivity contribution is 6.31. The van der Waals surface area contributed by atoms with Gasteiger partial charge in [0.15, 0.2) is 0 Å². The third kappa shape index (κ3) is 3.22. The molecule has 0 aromatic carbocycles. The summed E-state index contributed by atoms with van der Waals surface area (Å²) in [6, 6.07) is 3.29. The molecule has 5 heteroatoms. The molecule has 1 aromatic heterocycles. The summed E-state index contributed by atoms with van der Waals surface area (Å²) in [4.78, 5) is 15.0. The molecule has 1 rings (SSSR count). The number of esters is 1. The van der Waals surface area contributed by atoms with Crippen LogP contribution in [0.25, 0.3) is 0 Å². The Kier molecular flexibility index (Phi) is 4.07. The van der Waals surface area contributed by atoms with E-state index in [4.69, 9.17) is 21.6 Å². The molecule has 78 valence electrons. The van der Waals surface area contributed by atoms with Gasteiger partial charge in [-0.1, -0.05) is 11.6 Å². The maximum Gasteiger partial charge on any atom is 0.310 e.